The first-order valence-electron chi connectivity index (χ1n) is 17.4. The number of aromatic nitrogens is 3. The van der Waals surface area contributed by atoms with Gasteiger partial charge in [-0.05, 0) is 93.0 Å². The zero-order chi connectivity index (χ0) is 37.2. The molecule has 0 saturated heterocycles. The predicted octanol–water partition coefficient (Wildman–Crippen LogP) is 7.83. The molecular formula is C39H42ClF3N4O5. The molecule has 276 valence electrons. The number of rotatable bonds is 14. The highest BCUT2D eigenvalue weighted by molar-refractivity contribution is 6.36. The fourth-order valence-electron chi connectivity index (χ4n) is 7.64. The Morgan fingerprint density at radius 1 is 0.981 bits per heavy atom. The number of hydrogen-bond acceptors (Lipinski definition) is 8. The Labute approximate surface area is 305 Å². The summed E-state index contributed by atoms with van der Waals surface area (Å²) in [5, 5.41) is 22.9. The van der Waals surface area contributed by atoms with Crippen molar-refractivity contribution in [2.45, 2.75) is 82.5 Å². The maximum absolute atomic E-state index is 14.3. The van der Waals surface area contributed by atoms with Gasteiger partial charge in [0.25, 0.3) is 0 Å². The van der Waals surface area contributed by atoms with Crippen molar-refractivity contribution in [3.05, 3.63) is 87.3 Å². The summed E-state index contributed by atoms with van der Waals surface area (Å²) >= 11 is 7.11. The average Bonchev–Trinajstić information content (AvgIpc) is 3.50. The molecule has 0 spiro atoms. The standard InChI is InChI=1S/C39H42ClF3N4O5/c1-38(50)18-22(19-38)20-44-21-24-14-16-30(46-36(24)51-2)29-10-5-9-28(34(29)40)26-8-4-7-25-23(13-15-27(25)26)17-32-35(39(41,42)43)45-31(37(47-32)52-3)11-6-12-33(48)49/h4-5,7-10,14,16,22-23,44,50H,6,11-13,15,17-21H2,1-3H3,(H,48,49)/t22?,23-,38?/m1/s1. The molecule has 2 aromatic carbocycles. The van der Waals surface area contributed by atoms with Crippen molar-refractivity contribution in [2.75, 3.05) is 20.8 Å². The van der Waals surface area contributed by atoms with E-state index in [0.717, 1.165) is 52.8 Å². The van der Waals surface area contributed by atoms with E-state index in [1.54, 1.807) is 7.11 Å². The minimum absolute atomic E-state index is 0.00294. The van der Waals surface area contributed by atoms with E-state index in [1.165, 1.54) is 7.11 Å². The van der Waals surface area contributed by atoms with Gasteiger partial charge in [0.05, 0.1) is 36.2 Å². The molecule has 2 heterocycles. The van der Waals surface area contributed by atoms with E-state index in [9.17, 15) is 23.1 Å². The first kappa shape index (κ1) is 37.5. The fourth-order valence-corrected chi connectivity index (χ4v) is 7.96. The van der Waals surface area contributed by atoms with Crippen LogP contribution in [0.15, 0.2) is 48.5 Å². The molecule has 6 rings (SSSR count). The first-order valence-corrected chi connectivity index (χ1v) is 17.8. The van der Waals surface area contributed by atoms with Crippen LogP contribution in [-0.2, 0) is 36.8 Å². The lowest BCUT2D eigenvalue weighted by atomic mass is 9.72. The quantitative estimate of drug-likeness (QED) is 0.119. The molecule has 0 bridgehead atoms. The van der Waals surface area contributed by atoms with Gasteiger partial charge in [-0.2, -0.15) is 13.2 Å². The van der Waals surface area contributed by atoms with Crippen LogP contribution in [0.4, 0.5) is 13.2 Å². The van der Waals surface area contributed by atoms with Gasteiger partial charge < -0.3 is 25.0 Å². The fraction of sp³-hybridized carbons (Fsp3) is 0.436. The molecule has 1 fully saturated rings. The summed E-state index contributed by atoms with van der Waals surface area (Å²) in [6.07, 6.45) is -2.03. The van der Waals surface area contributed by atoms with E-state index < -0.39 is 23.4 Å². The maximum atomic E-state index is 14.3. The molecule has 0 amide bonds. The molecule has 2 aromatic heterocycles. The molecule has 1 saturated carbocycles. The van der Waals surface area contributed by atoms with Crippen molar-refractivity contribution >= 4 is 17.6 Å². The number of halogens is 4. The van der Waals surface area contributed by atoms with E-state index in [1.807, 2.05) is 55.5 Å². The molecule has 9 nitrogen and oxygen atoms in total. The summed E-state index contributed by atoms with van der Waals surface area (Å²) in [5.41, 5.74) is 4.07. The topological polar surface area (TPSA) is 127 Å². The van der Waals surface area contributed by atoms with Crippen LogP contribution in [0.2, 0.25) is 5.02 Å². The number of aliphatic hydroxyl groups is 1. The van der Waals surface area contributed by atoms with Crippen LogP contribution in [0, 0.1) is 5.92 Å². The number of aryl methyl sites for hydroxylation is 1. The molecule has 2 aliphatic carbocycles. The van der Waals surface area contributed by atoms with E-state index in [-0.39, 0.29) is 48.9 Å². The Kier molecular flexibility index (Phi) is 11.1. The second-order valence-electron chi connectivity index (χ2n) is 14.0. The third kappa shape index (κ3) is 8.19. The van der Waals surface area contributed by atoms with Crippen LogP contribution in [0.3, 0.4) is 0 Å². The molecule has 0 radical (unpaired) electrons. The van der Waals surface area contributed by atoms with Gasteiger partial charge in [0.1, 0.15) is 5.69 Å². The minimum Gasteiger partial charge on any atom is -0.481 e. The molecule has 13 heteroatoms. The van der Waals surface area contributed by atoms with Gasteiger partial charge in [-0.15, -0.1) is 0 Å². The van der Waals surface area contributed by atoms with E-state index in [4.69, 9.17) is 31.2 Å². The molecule has 0 aliphatic heterocycles. The van der Waals surface area contributed by atoms with Crippen LogP contribution in [0.5, 0.6) is 11.8 Å². The number of alkyl halides is 3. The highest BCUT2D eigenvalue weighted by atomic mass is 35.5. The number of benzene rings is 2. The van der Waals surface area contributed by atoms with Crippen molar-refractivity contribution in [1.29, 1.82) is 0 Å². The summed E-state index contributed by atoms with van der Waals surface area (Å²) < 4.78 is 53.9. The number of carboxylic acids is 1. The van der Waals surface area contributed by atoms with Crippen molar-refractivity contribution in [2.24, 2.45) is 5.92 Å². The normalized spacial score (nSPS) is 19.6. The molecule has 4 aromatic rings. The number of hydrogen-bond donors (Lipinski definition) is 3. The summed E-state index contributed by atoms with van der Waals surface area (Å²) in [5.74, 6) is -0.393. The first-order chi connectivity index (χ1) is 24.8. The summed E-state index contributed by atoms with van der Waals surface area (Å²) in [6, 6.07) is 15.4. The maximum Gasteiger partial charge on any atom is 0.435 e. The number of carboxylic acid groups (broad SMARTS) is 1. The largest absolute Gasteiger partial charge is 0.481 e. The molecule has 3 N–H and O–H groups in total. The lowest BCUT2D eigenvalue weighted by Gasteiger charge is -2.41. The van der Waals surface area contributed by atoms with Crippen molar-refractivity contribution in [3.8, 4) is 34.1 Å². The molecule has 0 unspecified atom stereocenters. The number of carbonyl (C=O) groups is 1. The summed E-state index contributed by atoms with van der Waals surface area (Å²) in [7, 11) is 2.90. The number of methoxy groups -OCH3 is 2. The van der Waals surface area contributed by atoms with Gasteiger partial charge >= 0.3 is 12.1 Å². The second-order valence-corrected chi connectivity index (χ2v) is 14.3. The van der Waals surface area contributed by atoms with Crippen LogP contribution in [-0.4, -0.2) is 57.5 Å². The number of pyridine rings is 1. The zero-order valence-corrected chi connectivity index (χ0v) is 30.1. The Hall–Kier alpha value is -4.26. The zero-order valence-electron chi connectivity index (χ0n) is 29.3. The third-order valence-electron chi connectivity index (χ3n) is 10.0. The Morgan fingerprint density at radius 2 is 1.69 bits per heavy atom. The Balaban J connectivity index is 1.24. The van der Waals surface area contributed by atoms with Gasteiger partial charge in [-0.25, -0.2) is 15.0 Å². The molecular weight excluding hydrogens is 697 g/mol. The van der Waals surface area contributed by atoms with Crippen molar-refractivity contribution in [3.63, 3.8) is 0 Å². The number of aliphatic carboxylic acids is 1. The SMILES string of the molecule is COc1nc(-c2cccc(-c3cccc4c3CC[C@@H]4Cc3nc(OC)c(CCCC(=O)O)nc3C(F)(F)F)c2Cl)ccc1CNCC1CC(C)(O)C1. The van der Waals surface area contributed by atoms with Crippen LogP contribution in [0.25, 0.3) is 22.4 Å². The Morgan fingerprint density at radius 3 is 2.38 bits per heavy atom. The van der Waals surface area contributed by atoms with Crippen molar-refractivity contribution in [1.82, 2.24) is 20.3 Å². The van der Waals surface area contributed by atoms with Gasteiger partial charge in [-0.1, -0.05) is 54.1 Å². The van der Waals surface area contributed by atoms with Crippen molar-refractivity contribution < 1.29 is 37.7 Å². The second kappa shape index (κ2) is 15.4. The number of fused-ring (bicyclic) bond motifs is 1. The third-order valence-corrected chi connectivity index (χ3v) is 10.4. The monoisotopic (exact) mass is 738 g/mol. The Bertz CT molecular complexity index is 1950. The lowest BCUT2D eigenvalue weighted by Crippen LogP contribution is -2.44. The smallest absolute Gasteiger partial charge is 0.435 e. The van der Waals surface area contributed by atoms with Gasteiger partial charge in [-0.3, -0.25) is 4.79 Å². The molecule has 2 aliphatic rings. The highest BCUT2D eigenvalue weighted by Crippen LogP contribution is 2.45. The van der Waals surface area contributed by atoms with E-state index in [0.29, 0.717) is 41.9 Å². The summed E-state index contributed by atoms with van der Waals surface area (Å²) in [6.45, 7) is 3.23. The number of nitrogens with zero attached hydrogens (tertiary/aromatic N) is 3. The average molecular weight is 739 g/mol. The van der Waals surface area contributed by atoms with E-state index >= 15 is 0 Å². The number of ether oxygens (including phenoxy) is 2. The van der Waals surface area contributed by atoms with Gasteiger partial charge in [0.2, 0.25) is 11.8 Å². The van der Waals surface area contributed by atoms with E-state index in [2.05, 4.69) is 15.3 Å². The van der Waals surface area contributed by atoms with Gasteiger partial charge in [0, 0.05) is 29.7 Å². The summed E-state index contributed by atoms with van der Waals surface area (Å²) in [4.78, 5) is 24.0. The van der Waals surface area contributed by atoms with Crippen LogP contribution >= 0.6 is 11.6 Å². The highest BCUT2D eigenvalue weighted by Gasteiger charge is 2.39. The minimum atomic E-state index is -4.75. The number of nitrogens with one attached hydrogen (secondary N) is 1. The molecule has 1 atom stereocenters. The van der Waals surface area contributed by atoms with Gasteiger partial charge in [0.15, 0.2) is 5.69 Å². The van der Waals surface area contributed by atoms with Crippen LogP contribution in [0.1, 0.15) is 78.7 Å². The predicted molar refractivity (Wildman–Crippen MR) is 191 cm³/mol. The lowest BCUT2D eigenvalue weighted by molar-refractivity contribution is -0.142. The molecule has 52 heavy (non-hydrogen) atoms. The van der Waals surface area contributed by atoms with Crippen LogP contribution < -0.4 is 14.8 Å².